The quantitative estimate of drug-likeness (QED) is 0.520. The van der Waals surface area contributed by atoms with Gasteiger partial charge in [-0.3, -0.25) is 4.79 Å². The smallest absolute Gasteiger partial charge is 0.407 e. The van der Waals surface area contributed by atoms with E-state index in [1.807, 2.05) is 24.3 Å². The highest BCUT2D eigenvalue weighted by Crippen LogP contribution is 2.44. The number of carbonyl (C=O) groups excluding carboxylic acids is 2. The number of amides is 2. The highest BCUT2D eigenvalue weighted by atomic mass is 16.5. The lowest BCUT2D eigenvalue weighted by Gasteiger charge is -2.17. The molecule has 2 aromatic carbocycles. The molecule has 0 aliphatic heterocycles. The predicted octanol–water partition coefficient (Wildman–Crippen LogP) is 3.67. The van der Waals surface area contributed by atoms with Gasteiger partial charge >= 0.3 is 12.1 Å². The van der Waals surface area contributed by atoms with Gasteiger partial charge in [-0.2, -0.15) is 0 Å². The summed E-state index contributed by atoms with van der Waals surface area (Å²) in [6.07, 6.45) is 1.62. The molecule has 2 aromatic rings. The van der Waals surface area contributed by atoms with Crippen LogP contribution in [-0.4, -0.2) is 41.8 Å². The maximum absolute atomic E-state index is 12.2. The lowest BCUT2D eigenvalue weighted by molar-refractivity contribution is -0.143. The molecular weight excluding hydrogens is 408 g/mol. The number of fused-ring (bicyclic) bond motifs is 3. The SMILES string of the molecule is CC(CCCNC(=O)OCC1c2ccccc2-c2ccccc21)C(=O)NC1(C(=O)O)CC1. The molecule has 7 heteroatoms. The molecule has 1 unspecified atom stereocenters. The van der Waals surface area contributed by atoms with Crippen molar-refractivity contribution < 1.29 is 24.2 Å². The fourth-order valence-corrected chi connectivity index (χ4v) is 4.26. The molecule has 3 N–H and O–H groups in total. The van der Waals surface area contributed by atoms with Gasteiger partial charge in [-0.05, 0) is 47.9 Å². The maximum atomic E-state index is 12.2. The second-order valence-corrected chi connectivity index (χ2v) is 8.67. The van der Waals surface area contributed by atoms with Crippen molar-refractivity contribution in [3.05, 3.63) is 59.7 Å². The molecule has 0 bridgehead atoms. The Morgan fingerprint density at radius 1 is 1.06 bits per heavy atom. The van der Waals surface area contributed by atoms with Crippen molar-refractivity contribution in [2.75, 3.05) is 13.2 Å². The first-order valence-corrected chi connectivity index (χ1v) is 11.1. The molecule has 2 amide bonds. The molecule has 32 heavy (non-hydrogen) atoms. The van der Waals surface area contributed by atoms with E-state index in [4.69, 9.17) is 4.74 Å². The lowest BCUT2D eigenvalue weighted by Crippen LogP contribution is -2.45. The molecule has 0 saturated heterocycles. The van der Waals surface area contributed by atoms with Gasteiger partial charge in [0.1, 0.15) is 12.1 Å². The normalized spacial score (nSPS) is 16.4. The van der Waals surface area contributed by atoms with Crippen LogP contribution < -0.4 is 10.6 Å². The Labute approximate surface area is 187 Å². The van der Waals surface area contributed by atoms with E-state index in [9.17, 15) is 19.5 Å². The van der Waals surface area contributed by atoms with Crippen LogP contribution in [0.1, 0.15) is 49.7 Å². The molecule has 0 spiro atoms. The molecule has 7 nitrogen and oxygen atoms in total. The van der Waals surface area contributed by atoms with Gasteiger partial charge in [0.05, 0.1) is 0 Å². The van der Waals surface area contributed by atoms with Crippen molar-refractivity contribution >= 4 is 18.0 Å². The number of benzene rings is 2. The van der Waals surface area contributed by atoms with E-state index in [1.165, 1.54) is 11.1 Å². The van der Waals surface area contributed by atoms with Crippen molar-refractivity contribution in [3.8, 4) is 11.1 Å². The van der Waals surface area contributed by atoms with Crippen molar-refractivity contribution in [1.82, 2.24) is 10.6 Å². The summed E-state index contributed by atoms with van der Waals surface area (Å²) in [5, 5.41) is 14.5. The molecule has 1 saturated carbocycles. The van der Waals surface area contributed by atoms with Crippen LogP contribution in [0.3, 0.4) is 0 Å². The first-order valence-electron chi connectivity index (χ1n) is 11.1. The molecular formula is C25H28N2O5. The predicted molar refractivity (Wildman–Crippen MR) is 119 cm³/mol. The summed E-state index contributed by atoms with van der Waals surface area (Å²) in [5.41, 5.74) is 3.62. The number of hydrogen-bond donors (Lipinski definition) is 3. The van der Waals surface area contributed by atoms with Crippen molar-refractivity contribution in [1.29, 1.82) is 0 Å². The van der Waals surface area contributed by atoms with Crippen LogP contribution >= 0.6 is 0 Å². The molecule has 0 aromatic heterocycles. The van der Waals surface area contributed by atoms with Crippen molar-refractivity contribution in [2.45, 2.75) is 44.1 Å². The third-order valence-electron chi connectivity index (χ3n) is 6.40. The monoisotopic (exact) mass is 436 g/mol. The number of rotatable bonds is 9. The summed E-state index contributed by atoms with van der Waals surface area (Å²) in [7, 11) is 0. The average molecular weight is 437 g/mol. The minimum atomic E-state index is -1.06. The molecule has 2 aliphatic rings. The minimum Gasteiger partial charge on any atom is -0.480 e. The van der Waals surface area contributed by atoms with Crippen LogP contribution in [0.15, 0.2) is 48.5 Å². The zero-order valence-corrected chi connectivity index (χ0v) is 18.1. The summed E-state index contributed by atoms with van der Waals surface area (Å²) in [4.78, 5) is 35.6. The molecule has 2 aliphatic carbocycles. The Morgan fingerprint density at radius 3 is 2.22 bits per heavy atom. The summed E-state index contributed by atoms with van der Waals surface area (Å²) in [5.74, 6) is -1.54. The number of alkyl carbamates (subject to hydrolysis) is 1. The van der Waals surface area contributed by atoms with E-state index in [-0.39, 0.29) is 24.3 Å². The molecule has 0 heterocycles. The molecule has 1 atom stereocenters. The second kappa shape index (κ2) is 9.02. The largest absolute Gasteiger partial charge is 0.480 e. The van der Waals surface area contributed by atoms with Gasteiger partial charge in [0.2, 0.25) is 5.91 Å². The number of carbonyl (C=O) groups is 3. The third-order valence-corrected chi connectivity index (χ3v) is 6.40. The zero-order valence-electron chi connectivity index (χ0n) is 18.1. The van der Waals surface area contributed by atoms with Gasteiger partial charge in [0.15, 0.2) is 0 Å². The van der Waals surface area contributed by atoms with Crippen LogP contribution in [0.4, 0.5) is 4.79 Å². The lowest BCUT2D eigenvalue weighted by atomic mass is 9.98. The van der Waals surface area contributed by atoms with E-state index in [1.54, 1.807) is 6.92 Å². The Morgan fingerprint density at radius 2 is 1.66 bits per heavy atom. The highest BCUT2D eigenvalue weighted by molar-refractivity contribution is 5.90. The number of nitrogens with one attached hydrogen (secondary N) is 2. The molecule has 4 rings (SSSR count). The highest BCUT2D eigenvalue weighted by Gasteiger charge is 2.51. The third kappa shape index (κ3) is 4.47. The van der Waals surface area contributed by atoms with E-state index in [2.05, 4.69) is 34.9 Å². The van der Waals surface area contributed by atoms with E-state index in [0.29, 0.717) is 32.2 Å². The number of carboxylic acid groups (broad SMARTS) is 1. The Balaban J connectivity index is 1.20. The van der Waals surface area contributed by atoms with Crippen LogP contribution in [-0.2, 0) is 14.3 Å². The Kier molecular flexibility index (Phi) is 6.17. The Hall–Kier alpha value is -3.35. The fourth-order valence-electron chi connectivity index (χ4n) is 4.26. The molecule has 0 radical (unpaired) electrons. The van der Waals surface area contributed by atoms with Gasteiger partial charge in [-0.15, -0.1) is 0 Å². The van der Waals surface area contributed by atoms with Gasteiger partial charge < -0.3 is 20.5 Å². The van der Waals surface area contributed by atoms with E-state index < -0.39 is 17.6 Å². The van der Waals surface area contributed by atoms with Crippen molar-refractivity contribution in [2.24, 2.45) is 5.92 Å². The molecule has 168 valence electrons. The number of carboxylic acids is 1. The molecule has 1 fully saturated rings. The summed E-state index contributed by atoms with van der Waals surface area (Å²) in [6.45, 7) is 2.41. The van der Waals surface area contributed by atoms with Gasteiger partial charge in [0, 0.05) is 18.4 Å². The van der Waals surface area contributed by atoms with E-state index >= 15 is 0 Å². The summed E-state index contributed by atoms with van der Waals surface area (Å²) >= 11 is 0. The first-order chi connectivity index (χ1) is 15.4. The topological polar surface area (TPSA) is 105 Å². The van der Waals surface area contributed by atoms with Crippen LogP contribution in [0.5, 0.6) is 0 Å². The first kappa shape index (κ1) is 21.9. The summed E-state index contributed by atoms with van der Waals surface area (Å²) < 4.78 is 5.50. The minimum absolute atomic E-state index is 0.0147. The van der Waals surface area contributed by atoms with Crippen LogP contribution in [0.2, 0.25) is 0 Å². The number of hydrogen-bond acceptors (Lipinski definition) is 4. The number of ether oxygens (including phenoxy) is 1. The fraction of sp³-hybridized carbons (Fsp3) is 0.400. The zero-order chi connectivity index (χ0) is 22.7. The second-order valence-electron chi connectivity index (χ2n) is 8.67. The van der Waals surface area contributed by atoms with Gasteiger partial charge in [-0.1, -0.05) is 55.5 Å². The number of aliphatic carboxylic acids is 1. The van der Waals surface area contributed by atoms with Crippen molar-refractivity contribution in [3.63, 3.8) is 0 Å². The Bertz CT molecular complexity index is 985. The van der Waals surface area contributed by atoms with Gasteiger partial charge in [0.25, 0.3) is 0 Å². The average Bonchev–Trinajstić information content (AvgIpc) is 3.51. The van der Waals surface area contributed by atoms with Gasteiger partial charge in [-0.25, -0.2) is 9.59 Å². The van der Waals surface area contributed by atoms with Crippen LogP contribution in [0.25, 0.3) is 11.1 Å². The van der Waals surface area contributed by atoms with Crippen LogP contribution in [0, 0.1) is 5.92 Å². The standard InChI is InChI=1S/C25H28N2O5/c1-16(22(28)27-25(12-13-25)23(29)30)7-6-14-26-24(31)32-15-21-19-10-4-2-8-17(19)18-9-3-5-11-20(18)21/h2-5,8-11,16,21H,6-7,12-15H2,1H3,(H,26,31)(H,27,28)(H,29,30). The van der Waals surface area contributed by atoms with E-state index in [0.717, 1.165) is 11.1 Å². The summed E-state index contributed by atoms with van der Waals surface area (Å²) in [6, 6.07) is 16.3. The maximum Gasteiger partial charge on any atom is 0.407 e.